The van der Waals surface area contributed by atoms with E-state index < -0.39 is 0 Å². The van der Waals surface area contributed by atoms with E-state index in [1.807, 2.05) is 25.3 Å². The molecular weight excluding hydrogens is 210 g/mol. The Morgan fingerprint density at radius 2 is 2.06 bits per heavy atom. The quantitative estimate of drug-likeness (QED) is 0.795. The van der Waals surface area contributed by atoms with Gasteiger partial charge in [0.1, 0.15) is 0 Å². The van der Waals surface area contributed by atoms with Crippen LogP contribution in [0.2, 0.25) is 0 Å². The standard InChI is InChI=1S/C14H19N3/c1-9(2)7-17-14-5-4-13(15)12-8-16-10(3)6-11(12)14/h4-6,8-9,17H,7,15H2,1-3H3. The number of benzene rings is 1. The molecule has 0 radical (unpaired) electrons. The van der Waals surface area contributed by atoms with E-state index in [1.54, 1.807) is 0 Å². The normalized spacial score (nSPS) is 11.1. The van der Waals surface area contributed by atoms with E-state index in [-0.39, 0.29) is 0 Å². The number of pyridine rings is 1. The van der Waals surface area contributed by atoms with Crippen LogP contribution in [0.3, 0.4) is 0 Å². The maximum absolute atomic E-state index is 5.96. The lowest BCUT2D eigenvalue weighted by molar-refractivity contribution is 0.689. The maximum atomic E-state index is 5.96. The van der Waals surface area contributed by atoms with Gasteiger partial charge in [-0.1, -0.05) is 13.8 Å². The zero-order valence-electron chi connectivity index (χ0n) is 10.6. The number of nitrogens with two attached hydrogens (primary N) is 1. The number of fused-ring (bicyclic) bond motifs is 1. The van der Waals surface area contributed by atoms with Gasteiger partial charge >= 0.3 is 0 Å². The van der Waals surface area contributed by atoms with Crippen LogP contribution in [0.4, 0.5) is 11.4 Å². The molecule has 0 saturated carbocycles. The van der Waals surface area contributed by atoms with Gasteiger partial charge in [-0.3, -0.25) is 4.98 Å². The molecule has 0 bridgehead atoms. The summed E-state index contributed by atoms with van der Waals surface area (Å²) >= 11 is 0. The number of hydrogen-bond donors (Lipinski definition) is 2. The molecular formula is C14H19N3. The van der Waals surface area contributed by atoms with Crippen molar-refractivity contribution in [2.75, 3.05) is 17.6 Å². The highest BCUT2D eigenvalue weighted by Gasteiger charge is 2.05. The molecule has 0 fully saturated rings. The highest BCUT2D eigenvalue weighted by atomic mass is 14.9. The molecule has 17 heavy (non-hydrogen) atoms. The molecule has 3 nitrogen and oxygen atoms in total. The van der Waals surface area contributed by atoms with Gasteiger partial charge in [0.05, 0.1) is 0 Å². The Morgan fingerprint density at radius 1 is 1.29 bits per heavy atom. The summed E-state index contributed by atoms with van der Waals surface area (Å²) in [6, 6.07) is 6.05. The van der Waals surface area contributed by atoms with Crippen LogP contribution in [0, 0.1) is 12.8 Å². The first-order valence-electron chi connectivity index (χ1n) is 5.96. The fourth-order valence-corrected chi connectivity index (χ4v) is 1.83. The number of rotatable bonds is 3. The summed E-state index contributed by atoms with van der Waals surface area (Å²) in [6.45, 7) is 7.34. The number of nitrogen functional groups attached to an aromatic ring is 1. The fourth-order valence-electron chi connectivity index (χ4n) is 1.83. The first kappa shape index (κ1) is 11.7. The molecule has 3 N–H and O–H groups in total. The van der Waals surface area contributed by atoms with Crippen molar-refractivity contribution in [3.63, 3.8) is 0 Å². The Labute approximate surface area is 102 Å². The van der Waals surface area contributed by atoms with Crippen LogP contribution in [-0.4, -0.2) is 11.5 Å². The molecule has 0 aliphatic rings. The second-order valence-corrected chi connectivity index (χ2v) is 4.85. The van der Waals surface area contributed by atoms with E-state index in [2.05, 4.69) is 30.2 Å². The van der Waals surface area contributed by atoms with Gasteiger partial charge in [0.25, 0.3) is 0 Å². The summed E-state index contributed by atoms with van der Waals surface area (Å²) < 4.78 is 0. The average Bonchev–Trinajstić information content (AvgIpc) is 2.28. The summed E-state index contributed by atoms with van der Waals surface area (Å²) in [4.78, 5) is 4.30. The van der Waals surface area contributed by atoms with E-state index >= 15 is 0 Å². The van der Waals surface area contributed by atoms with Crippen molar-refractivity contribution in [2.45, 2.75) is 20.8 Å². The molecule has 0 amide bonds. The molecule has 1 heterocycles. The number of anilines is 2. The molecule has 1 aromatic carbocycles. The van der Waals surface area contributed by atoms with Gasteiger partial charge in [-0.2, -0.15) is 0 Å². The highest BCUT2D eigenvalue weighted by molar-refractivity contribution is 6.00. The first-order valence-corrected chi connectivity index (χ1v) is 5.96. The predicted molar refractivity (Wildman–Crippen MR) is 74.2 cm³/mol. The number of aryl methyl sites for hydroxylation is 1. The lowest BCUT2D eigenvalue weighted by Crippen LogP contribution is -2.08. The van der Waals surface area contributed by atoms with Gasteiger partial charge in [-0.05, 0) is 31.0 Å². The van der Waals surface area contributed by atoms with Gasteiger partial charge in [0.15, 0.2) is 0 Å². The molecule has 0 aliphatic heterocycles. The Kier molecular flexibility index (Phi) is 3.18. The number of aromatic nitrogens is 1. The Morgan fingerprint density at radius 3 is 2.76 bits per heavy atom. The summed E-state index contributed by atoms with van der Waals surface area (Å²) in [5.74, 6) is 0.616. The van der Waals surface area contributed by atoms with E-state index in [9.17, 15) is 0 Å². The Balaban J connectivity index is 2.48. The third kappa shape index (κ3) is 2.49. The molecule has 2 rings (SSSR count). The molecule has 2 aromatic rings. The third-order valence-corrected chi connectivity index (χ3v) is 2.77. The Hall–Kier alpha value is -1.77. The molecule has 0 aliphatic carbocycles. The number of hydrogen-bond acceptors (Lipinski definition) is 3. The zero-order valence-corrected chi connectivity index (χ0v) is 10.6. The van der Waals surface area contributed by atoms with Crippen molar-refractivity contribution >= 4 is 22.1 Å². The van der Waals surface area contributed by atoms with Gasteiger partial charge in [0, 0.05) is 40.6 Å². The summed E-state index contributed by atoms with van der Waals surface area (Å²) in [6.07, 6.45) is 1.85. The maximum Gasteiger partial charge on any atom is 0.0422 e. The average molecular weight is 229 g/mol. The summed E-state index contributed by atoms with van der Waals surface area (Å²) in [5, 5.41) is 5.63. The minimum absolute atomic E-state index is 0.616. The van der Waals surface area contributed by atoms with E-state index in [0.717, 1.165) is 34.4 Å². The van der Waals surface area contributed by atoms with E-state index in [1.165, 1.54) is 0 Å². The lowest BCUT2D eigenvalue weighted by atomic mass is 10.1. The second-order valence-electron chi connectivity index (χ2n) is 4.85. The first-order chi connectivity index (χ1) is 8.08. The number of nitrogens with zero attached hydrogens (tertiary/aromatic N) is 1. The molecule has 0 spiro atoms. The van der Waals surface area contributed by atoms with Crippen molar-refractivity contribution in [1.82, 2.24) is 4.98 Å². The van der Waals surface area contributed by atoms with Crippen LogP contribution in [0.5, 0.6) is 0 Å². The van der Waals surface area contributed by atoms with Gasteiger partial charge in [0.2, 0.25) is 0 Å². The van der Waals surface area contributed by atoms with Crippen LogP contribution >= 0.6 is 0 Å². The van der Waals surface area contributed by atoms with Crippen molar-refractivity contribution in [2.24, 2.45) is 5.92 Å². The minimum atomic E-state index is 0.616. The van der Waals surface area contributed by atoms with Crippen LogP contribution in [0.25, 0.3) is 10.8 Å². The molecule has 0 saturated heterocycles. The molecule has 1 aromatic heterocycles. The smallest absolute Gasteiger partial charge is 0.0422 e. The van der Waals surface area contributed by atoms with Crippen LogP contribution in [-0.2, 0) is 0 Å². The predicted octanol–water partition coefficient (Wildman–Crippen LogP) is 3.19. The SMILES string of the molecule is Cc1cc2c(NCC(C)C)ccc(N)c2cn1. The molecule has 3 heteroatoms. The zero-order chi connectivity index (χ0) is 12.4. The Bertz CT molecular complexity index is 532. The largest absolute Gasteiger partial charge is 0.398 e. The van der Waals surface area contributed by atoms with Crippen molar-refractivity contribution in [1.29, 1.82) is 0 Å². The fraction of sp³-hybridized carbons (Fsp3) is 0.357. The highest BCUT2D eigenvalue weighted by Crippen LogP contribution is 2.28. The van der Waals surface area contributed by atoms with Crippen molar-refractivity contribution in [3.8, 4) is 0 Å². The van der Waals surface area contributed by atoms with E-state index in [0.29, 0.717) is 5.92 Å². The van der Waals surface area contributed by atoms with Crippen LogP contribution in [0.15, 0.2) is 24.4 Å². The summed E-state index contributed by atoms with van der Waals surface area (Å²) in [5.41, 5.74) is 8.89. The topological polar surface area (TPSA) is 50.9 Å². The van der Waals surface area contributed by atoms with Gasteiger partial charge in [-0.25, -0.2) is 0 Å². The van der Waals surface area contributed by atoms with E-state index in [4.69, 9.17) is 5.73 Å². The van der Waals surface area contributed by atoms with Crippen molar-refractivity contribution < 1.29 is 0 Å². The molecule has 0 unspecified atom stereocenters. The summed E-state index contributed by atoms with van der Waals surface area (Å²) in [7, 11) is 0. The molecule has 90 valence electrons. The van der Waals surface area contributed by atoms with Crippen LogP contribution < -0.4 is 11.1 Å². The minimum Gasteiger partial charge on any atom is -0.398 e. The second kappa shape index (κ2) is 4.62. The number of nitrogens with one attached hydrogen (secondary N) is 1. The van der Waals surface area contributed by atoms with Gasteiger partial charge in [-0.15, -0.1) is 0 Å². The molecule has 0 atom stereocenters. The third-order valence-electron chi connectivity index (χ3n) is 2.77. The van der Waals surface area contributed by atoms with Gasteiger partial charge < -0.3 is 11.1 Å². The van der Waals surface area contributed by atoms with Crippen molar-refractivity contribution in [3.05, 3.63) is 30.1 Å². The monoisotopic (exact) mass is 229 g/mol. The van der Waals surface area contributed by atoms with Crippen LogP contribution in [0.1, 0.15) is 19.5 Å². The lowest BCUT2D eigenvalue weighted by Gasteiger charge is -2.13.